The third-order valence-electron chi connectivity index (χ3n) is 7.54. The Morgan fingerprint density at radius 1 is 1.16 bits per heavy atom. The van der Waals surface area contributed by atoms with Crippen molar-refractivity contribution in [3.8, 4) is 0 Å². The van der Waals surface area contributed by atoms with Crippen molar-refractivity contribution < 1.29 is 9.53 Å². The molecule has 0 radical (unpaired) electrons. The summed E-state index contributed by atoms with van der Waals surface area (Å²) in [5, 5.41) is 3.32. The van der Waals surface area contributed by atoms with Crippen LogP contribution in [0, 0.1) is 12.3 Å². The van der Waals surface area contributed by atoms with Crippen LogP contribution in [0.1, 0.15) is 31.2 Å². The van der Waals surface area contributed by atoms with Gasteiger partial charge in [0.1, 0.15) is 0 Å². The summed E-state index contributed by atoms with van der Waals surface area (Å²) < 4.78 is 5.00. The summed E-state index contributed by atoms with van der Waals surface area (Å²) in [6.07, 6.45) is 7.39. The molecule has 1 atom stereocenters. The highest BCUT2D eigenvalue weighted by Crippen LogP contribution is 2.41. The number of aryl methyl sites for hydroxylation is 1. The molecule has 1 aromatic carbocycles. The van der Waals surface area contributed by atoms with Crippen molar-refractivity contribution in [1.82, 2.24) is 15.1 Å². The molecule has 1 unspecified atom stereocenters. The van der Waals surface area contributed by atoms with E-state index in [0.717, 1.165) is 77.2 Å². The van der Waals surface area contributed by atoms with Crippen molar-refractivity contribution in [2.24, 2.45) is 5.41 Å². The number of amides is 1. The molecule has 3 heterocycles. The van der Waals surface area contributed by atoms with Crippen LogP contribution in [0.4, 0.5) is 5.69 Å². The zero-order valence-electron chi connectivity index (χ0n) is 19.7. The van der Waals surface area contributed by atoms with Gasteiger partial charge in [0.05, 0.1) is 18.8 Å². The Balaban J connectivity index is 1.21. The topological polar surface area (TPSA) is 48.1 Å². The Kier molecular flexibility index (Phi) is 7.09. The van der Waals surface area contributed by atoms with Crippen LogP contribution >= 0.6 is 0 Å². The number of methoxy groups -OCH3 is 1. The predicted octanol–water partition coefficient (Wildman–Crippen LogP) is 3.15. The first kappa shape index (κ1) is 22.7. The monoisotopic (exact) mass is 438 g/mol. The van der Waals surface area contributed by atoms with E-state index in [2.05, 4.69) is 57.8 Å². The SMILES string of the molecule is C=C(/C=C\OC)N1CCC2(CC1)CC(CCN1CCN(c3ccc(C)cc3)CC1)NC2=O. The molecule has 4 rings (SSSR count). The van der Waals surface area contributed by atoms with Gasteiger partial charge in [0.15, 0.2) is 0 Å². The average molecular weight is 439 g/mol. The third kappa shape index (κ3) is 5.12. The van der Waals surface area contributed by atoms with E-state index in [0.29, 0.717) is 6.04 Å². The van der Waals surface area contributed by atoms with E-state index in [1.165, 1.54) is 11.3 Å². The number of carbonyl (C=O) groups is 1. The molecule has 3 saturated heterocycles. The largest absolute Gasteiger partial charge is 0.504 e. The van der Waals surface area contributed by atoms with Gasteiger partial charge in [-0.2, -0.15) is 0 Å². The average Bonchev–Trinajstić information content (AvgIpc) is 3.12. The number of carbonyl (C=O) groups excluding carboxylic acids is 1. The van der Waals surface area contributed by atoms with Crippen LogP contribution < -0.4 is 10.2 Å². The molecule has 0 aliphatic carbocycles. The Morgan fingerprint density at radius 2 is 1.84 bits per heavy atom. The number of allylic oxidation sites excluding steroid dienone is 1. The molecular formula is C26H38N4O2. The van der Waals surface area contributed by atoms with Crippen LogP contribution in [0.3, 0.4) is 0 Å². The van der Waals surface area contributed by atoms with Gasteiger partial charge in [-0.1, -0.05) is 24.3 Å². The molecule has 3 fully saturated rings. The third-order valence-corrected chi connectivity index (χ3v) is 7.54. The molecule has 1 aromatic rings. The molecular weight excluding hydrogens is 400 g/mol. The number of nitrogens with one attached hydrogen (secondary N) is 1. The van der Waals surface area contributed by atoms with Gasteiger partial charge < -0.3 is 19.9 Å². The minimum absolute atomic E-state index is 0.184. The van der Waals surface area contributed by atoms with Crippen molar-refractivity contribution in [1.29, 1.82) is 0 Å². The van der Waals surface area contributed by atoms with Crippen molar-refractivity contribution in [3.63, 3.8) is 0 Å². The molecule has 1 N–H and O–H groups in total. The van der Waals surface area contributed by atoms with Crippen LogP contribution in [0.2, 0.25) is 0 Å². The van der Waals surface area contributed by atoms with Gasteiger partial charge in [0.25, 0.3) is 0 Å². The van der Waals surface area contributed by atoms with Crippen molar-refractivity contribution >= 4 is 11.6 Å². The first-order valence-electron chi connectivity index (χ1n) is 12.0. The number of ether oxygens (including phenoxy) is 1. The zero-order chi connectivity index (χ0) is 22.6. The molecule has 174 valence electrons. The summed E-state index contributed by atoms with van der Waals surface area (Å²) >= 11 is 0. The minimum atomic E-state index is -0.184. The molecule has 6 nitrogen and oxygen atoms in total. The van der Waals surface area contributed by atoms with E-state index in [9.17, 15) is 4.79 Å². The Bertz CT molecular complexity index is 819. The first-order valence-corrected chi connectivity index (χ1v) is 12.0. The second-order valence-electron chi connectivity index (χ2n) is 9.62. The maximum Gasteiger partial charge on any atom is 0.226 e. The number of anilines is 1. The highest BCUT2D eigenvalue weighted by molar-refractivity contribution is 5.85. The van der Waals surface area contributed by atoms with Gasteiger partial charge in [-0.05, 0) is 50.8 Å². The molecule has 3 aliphatic rings. The molecule has 32 heavy (non-hydrogen) atoms. The summed E-state index contributed by atoms with van der Waals surface area (Å²) in [5.41, 5.74) is 3.41. The fraction of sp³-hybridized carbons (Fsp3) is 0.577. The normalized spacial score (nSPS) is 23.7. The number of hydrogen-bond donors (Lipinski definition) is 1. The molecule has 1 amide bonds. The van der Waals surface area contributed by atoms with Crippen LogP contribution in [-0.4, -0.2) is 74.7 Å². The Hall–Kier alpha value is -2.47. The van der Waals surface area contributed by atoms with Gasteiger partial charge >= 0.3 is 0 Å². The van der Waals surface area contributed by atoms with Gasteiger partial charge in [0.2, 0.25) is 5.91 Å². The van der Waals surface area contributed by atoms with Gasteiger partial charge in [-0.25, -0.2) is 0 Å². The van der Waals surface area contributed by atoms with E-state index in [4.69, 9.17) is 4.74 Å². The second kappa shape index (κ2) is 9.99. The van der Waals surface area contributed by atoms with E-state index in [-0.39, 0.29) is 11.3 Å². The minimum Gasteiger partial charge on any atom is -0.504 e. The lowest BCUT2D eigenvalue weighted by Crippen LogP contribution is -2.47. The zero-order valence-corrected chi connectivity index (χ0v) is 19.7. The molecule has 6 heteroatoms. The molecule has 0 aromatic heterocycles. The number of nitrogens with zero attached hydrogens (tertiary/aromatic N) is 3. The first-order chi connectivity index (χ1) is 15.5. The number of likely N-dealkylation sites (tertiary alicyclic amines) is 1. The van der Waals surface area contributed by atoms with Crippen LogP contribution in [0.15, 0.2) is 48.9 Å². The summed E-state index contributed by atoms with van der Waals surface area (Å²) in [4.78, 5) is 20.2. The molecule has 0 saturated carbocycles. The lowest BCUT2D eigenvalue weighted by molar-refractivity contribution is -0.129. The van der Waals surface area contributed by atoms with E-state index in [1.807, 2.05) is 6.08 Å². The highest BCUT2D eigenvalue weighted by atomic mass is 16.5. The van der Waals surface area contributed by atoms with E-state index in [1.54, 1.807) is 13.4 Å². The molecule has 1 spiro atoms. The number of piperazine rings is 1. The van der Waals surface area contributed by atoms with E-state index >= 15 is 0 Å². The van der Waals surface area contributed by atoms with Gasteiger partial charge in [-0.15, -0.1) is 0 Å². The van der Waals surface area contributed by atoms with Crippen LogP contribution in [0.25, 0.3) is 0 Å². The maximum absolute atomic E-state index is 12.9. The lowest BCUT2D eigenvalue weighted by Gasteiger charge is -2.39. The Labute approximate surface area is 192 Å². The number of rotatable bonds is 7. The van der Waals surface area contributed by atoms with Crippen LogP contribution in [-0.2, 0) is 9.53 Å². The lowest BCUT2D eigenvalue weighted by atomic mass is 9.75. The van der Waals surface area contributed by atoms with Crippen molar-refractivity contribution in [2.75, 3.05) is 57.8 Å². The fourth-order valence-electron chi connectivity index (χ4n) is 5.36. The van der Waals surface area contributed by atoms with Crippen molar-refractivity contribution in [3.05, 3.63) is 54.4 Å². The quantitative estimate of drug-likeness (QED) is 0.524. The highest BCUT2D eigenvalue weighted by Gasteiger charge is 2.48. The maximum atomic E-state index is 12.9. The van der Waals surface area contributed by atoms with Gasteiger partial charge in [0, 0.05) is 63.2 Å². The van der Waals surface area contributed by atoms with Gasteiger partial charge in [-0.3, -0.25) is 9.69 Å². The summed E-state index contributed by atoms with van der Waals surface area (Å²) in [6, 6.07) is 9.15. The van der Waals surface area contributed by atoms with Crippen molar-refractivity contribution in [2.45, 2.75) is 38.6 Å². The standard InChI is InChI=1S/C26H38N4O2/c1-21-4-6-24(7-5-21)30-17-15-28(16-18-30)12-8-23-20-26(25(31)27-23)10-13-29(14-11-26)22(2)9-19-32-3/h4-7,9,19,23H,2,8,10-18,20H2,1,3H3,(H,27,31)/b19-9-. The molecule has 0 bridgehead atoms. The number of piperidine rings is 1. The smallest absolute Gasteiger partial charge is 0.226 e. The molecule has 3 aliphatic heterocycles. The Morgan fingerprint density at radius 3 is 2.50 bits per heavy atom. The summed E-state index contributed by atoms with van der Waals surface area (Å²) in [6.45, 7) is 13.4. The van der Waals surface area contributed by atoms with Crippen LogP contribution in [0.5, 0.6) is 0 Å². The number of hydrogen-bond acceptors (Lipinski definition) is 5. The number of benzene rings is 1. The summed E-state index contributed by atoms with van der Waals surface area (Å²) in [5.74, 6) is 0.268. The summed E-state index contributed by atoms with van der Waals surface area (Å²) in [7, 11) is 1.64. The predicted molar refractivity (Wildman–Crippen MR) is 130 cm³/mol. The fourth-order valence-corrected chi connectivity index (χ4v) is 5.36. The second-order valence-corrected chi connectivity index (χ2v) is 9.62. The van der Waals surface area contributed by atoms with E-state index < -0.39 is 0 Å².